The van der Waals surface area contributed by atoms with E-state index in [1.54, 1.807) is 19.3 Å². The summed E-state index contributed by atoms with van der Waals surface area (Å²) in [6.07, 6.45) is 1.64. The van der Waals surface area contributed by atoms with Gasteiger partial charge in [-0.25, -0.2) is 4.98 Å². The zero-order valence-electron chi connectivity index (χ0n) is 9.59. The van der Waals surface area contributed by atoms with Gasteiger partial charge in [0.05, 0.1) is 13.2 Å². The number of nitrogens with zero attached hydrogens (tertiary/aromatic N) is 3. The molecule has 1 saturated heterocycles. The third kappa shape index (κ3) is 2.44. The fourth-order valence-electron chi connectivity index (χ4n) is 1.74. The van der Waals surface area contributed by atoms with Crippen LogP contribution in [0.3, 0.4) is 0 Å². The maximum Gasteiger partial charge on any atom is 0.242 e. The molecule has 7 nitrogen and oxygen atoms in total. The number of primary amides is 1. The smallest absolute Gasteiger partial charge is 0.242 e. The number of amides is 1. The summed E-state index contributed by atoms with van der Waals surface area (Å²) in [6, 6.07) is 1.28. The molecule has 2 rings (SSSR count). The Morgan fingerprint density at radius 3 is 3.24 bits per heavy atom. The van der Waals surface area contributed by atoms with Gasteiger partial charge in [-0.15, -0.1) is 0 Å². The maximum atomic E-state index is 11.3. The van der Waals surface area contributed by atoms with Gasteiger partial charge in [-0.05, 0) is 6.07 Å². The molecule has 2 heterocycles. The van der Waals surface area contributed by atoms with Gasteiger partial charge in [-0.1, -0.05) is 0 Å². The molecule has 0 saturated carbocycles. The van der Waals surface area contributed by atoms with Crippen molar-refractivity contribution in [2.75, 3.05) is 37.0 Å². The summed E-state index contributed by atoms with van der Waals surface area (Å²) >= 11 is 0. The fourth-order valence-corrected chi connectivity index (χ4v) is 1.74. The molecule has 1 aliphatic rings. The first kappa shape index (κ1) is 11.6. The van der Waals surface area contributed by atoms with E-state index in [0.29, 0.717) is 31.5 Å². The number of carbonyl (C=O) groups is 1. The second-order valence-corrected chi connectivity index (χ2v) is 3.67. The SMILES string of the molecule is CNc1nccc(N2CCOCC2C(N)=O)n1. The van der Waals surface area contributed by atoms with Crippen molar-refractivity contribution >= 4 is 17.7 Å². The molecule has 0 aliphatic carbocycles. The second-order valence-electron chi connectivity index (χ2n) is 3.67. The molecule has 1 unspecified atom stereocenters. The normalized spacial score (nSPS) is 20.1. The molecule has 7 heteroatoms. The Balaban J connectivity index is 2.26. The molecule has 0 aromatic carbocycles. The number of morpholine rings is 1. The van der Waals surface area contributed by atoms with Crippen LogP contribution in [0.15, 0.2) is 12.3 Å². The summed E-state index contributed by atoms with van der Waals surface area (Å²) in [5.41, 5.74) is 5.35. The first-order chi connectivity index (χ1) is 8.22. The van der Waals surface area contributed by atoms with Crippen LogP contribution < -0.4 is 16.0 Å². The molecule has 3 N–H and O–H groups in total. The number of hydrogen-bond acceptors (Lipinski definition) is 6. The van der Waals surface area contributed by atoms with Gasteiger partial charge in [0.2, 0.25) is 11.9 Å². The fraction of sp³-hybridized carbons (Fsp3) is 0.500. The average Bonchev–Trinajstić information content (AvgIpc) is 2.39. The number of aromatic nitrogens is 2. The molecule has 92 valence electrons. The van der Waals surface area contributed by atoms with E-state index in [-0.39, 0.29) is 0 Å². The highest BCUT2D eigenvalue weighted by molar-refractivity contribution is 5.83. The predicted octanol–water partition coefficient (Wildman–Crippen LogP) is -0.791. The predicted molar refractivity (Wildman–Crippen MR) is 62.7 cm³/mol. The van der Waals surface area contributed by atoms with Crippen LogP contribution in [-0.2, 0) is 9.53 Å². The van der Waals surface area contributed by atoms with Gasteiger partial charge in [0, 0.05) is 19.8 Å². The summed E-state index contributed by atoms with van der Waals surface area (Å²) < 4.78 is 5.25. The van der Waals surface area contributed by atoms with Gasteiger partial charge < -0.3 is 20.7 Å². The lowest BCUT2D eigenvalue weighted by molar-refractivity contribution is -0.121. The molecule has 0 bridgehead atoms. The minimum Gasteiger partial charge on any atom is -0.377 e. The number of anilines is 2. The highest BCUT2D eigenvalue weighted by Gasteiger charge is 2.28. The molecule has 1 fully saturated rings. The number of hydrogen-bond donors (Lipinski definition) is 2. The van der Waals surface area contributed by atoms with Gasteiger partial charge in [-0.3, -0.25) is 4.79 Å². The van der Waals surface area contributed by atoms with Gasteiger partial charge in [0.1, 0.15) is 11.9 Å². The largest absolute Gasteiger partial charge is 0.377 e. The summed E-state index contributed by atoms with van der Waals surface area (Å²) in [4.78, 5) is 21.5. The molecular weight excluding hydrogens is 222 g/mol. The molecule has 1 aliphatic heterocycles. The molecule has 0 spiro atoms. The number of ether oxygens (including phenoxy) is 1. The van der Waals surface area contributed by atoms with Crippen molar-refractivity contribution in [3.63, 3.8) is 0 Å². The maximum absolute atomic E-state index is 11.3. The van der Waals surface area contributed by atoms with Gasteiger partial charge >= 0.3 is 0 Å². The standard InChI is InChI=1S/C10H15N5O2/c1-12-10-13-3-2-8(14-10)15-4-5-17-6-7(15)9(11)16/h2-3,7H,4-6H2,1H3,(H2,11,16)(H,12,13,14). The van der Waals surface area contributed by atoms with E-state index < -0.39 is 11.9 Å². The van der Waals surface area contributed by atoms with E-state index in [0.717, 1.165) is 0 Å². The number of carbonyl (C=O) groups excluding carboxylic acids is 1. The van der Waals surface area contributed by atoms with Gasteiger partial charge in [0.25, 0.3) is 0 Å². The Morgan fingerprint density at radius 2 is 2.53 bits per heavy atom. The van der Waals surface area contributed by atoms with Crippen LogP contribution >= 0.6 is 0 Å². The van der Waals surface area contributed by atoms with E-state index in [1.807, 2.05) is 4.90 Å². The van der Waals surface area contributed by atoms with Crippen molar-refractivity contribution in [3.8, 4) is 0 Å². The van der Waals surface area contributed by atoms with Crippen molar-refractivity contribution in [1.29, 1.82) is 0 Å². The Hall–Kier alpha value is -1.89. The van der Waals surface area contributed by atoms with E-state index in [9.17, 15) is 4.79 Å². The van der Waals surface area contributed by atoms with Gasteiger partial charge in [-0.2, -0.15) is 4.98 Å². The molecular formula is C10H15N5O2. The zero-order chi connectivity index (χ0) is 12.3. The molecule has 1 atom stereocenters. The molecule has 1 aromatic heterocycles. The van der Waals surface area contributed by atoms with Crippen LogP contribution in [0.5, 0.6) is 0 Å². The summed E-state index contributed by atoms with van der Waals surface area (Å²) in [6.45, 7) is 1.45. The quantitative estimate of drug-likeness (QED) is 0.715. The number of nitrogens with one attached hydrogen (secondary N) is 1. The van der Waals surface area contributed by atoms with Crippen molar-refractivity contribution in [3.05, 3.63) is 12.3 Å². The molecule has 1 amide bonds. The number of rotatable bonds is 3. The van der Waals surface area contributed by atoms with Crippen LogP contribution in [0.25, 0.3) is 0 Å². The van der Waals surface area contributed by atoms with E-state index in [4.69, 9.17) is 10.5 Å². The van der Waals surface area contributed by atoms with E-state index >= 15 is 0 Å². The topological polar surface area (TPSA) is 93.4 Å². The van der Waals surface area contributed by atoms with Crippen molar-refractivity contribution < 1.29 is 9.53 Å². The van der Waals surface area contributed by atoms with Crippen LogP contribution in [0.2, 0.25) is 0 Å². The molecule has 17 heavy (non-hydrogen) atoms. The molecule has 0 radical (unpaired) electrons. The Labute approximate surface area is 99.0 Å². The monoisotopic (exact) mass is 237 g/mol. The first-order valence-electron chi connectivity index (χ1n) is 5.37. The number of nitrogens with two attached hydrogens (primary N) is 1. The highest BCUT2D eigenvalue weighted by Crippen LogP contribution is 2.17. The summed E-state index contributed by atoms with van der Waals surface area (Å²) in [7, 11) is 1.74. The zero-order valence-corrected chi connectivity index (χ0v) is 9.59. The van der Waals surface area contributed by atoms with Crippen molar-refractivity contribution in [2.24, 2.45) is 5.73 Å². The average molecular weight is 237 g/mol. The third-order valence-electron chi connectivity index (χ3n) is 2.62. The minimum atomic E-state index is -0.469. The van der Waals surface area contributed by atoms with Gasteiger partial charge in [0.15, 0.2) is 0 Å². The lowest BCUT2D eigenvalue weighted by Crippen LogP contribution is -2.53. The van der Waals surface area contributed by atoms with Crippen LogP contribution in [0.1, 0.15) is 0 Å². The summed E-state index contributed by atoms with van der Waals surface area (Å²) in [5.74, 6) is 0.781. The van der Waals surface area contributed by atoms with Crippen molar-refractivity contribution in [2.45, 2.75) is 6.04 Å². The Kier molecular flexibility index (Phi) is 3.38. The van der Waals surface area contributed by atoms with Crippen LogP contribution in [0, 0.1) is 0 Å². The minimum absolute atomic E-state index is 0.300. The molecule has 1 aromatic rings. The van der Waals surface area contributed by atoms with E-state index in [1.165, 1.54) is 0 Å². The summed E-state index contributed by atoms with van der Waals surface area (Å²) in [5, 5.41) is 2.85. The van der Waals surface area contributed by atoms with Crippen LogP contribution in [-0.4, -0.2) is 48.7 Å². The Bertz CT molecular complexity index is 411. The highest BCUT2D eigenvalue weighted by atomic mass is 16.5. The van der Waals surface area contributed by atoms with Crippen molar-refractivity contribution in [1.82, 2.24) is 9.97 Å². The third-order valence-corrected chi connectivity index (χ3v) is 2.62. The van der Waals surface area contributed by atoms with E-state index in [2.05, 4.69) is 15.3 Å². The lowest BCUT2D eigenvalue weighted by atomic mass is 10.2. The second kappa shape index (κ2) is 4.96. The lowest BCUT2D eigenvalue weighted by Gasteiger charge is -2.34. The van der Waals surface area contributed by atoms with Crippen LogP contribution in [0.4, 0.5) is 11.8 Å². The Morgan fingerprint density at radius 1 is 1.71 bits per heavy atom. The first-order valence-corrected chi connectivity index (χ1v) is 5.37.